The number of benzene rings is 2. The summed E-state index contributed by atoms with van der Waals surface area (Å²) in [6.45, 7) is 0.196. The van der Waals surface area contributed by atoms with Crippen molar-refractivity contribution in [2.24, 2.45) is 0 Å². The van der Waals surface area contributed by atoms with E-state index >= 15 is 0 Å². The maximum absolute atomic E-state index is 13.0. The molecule has 0 heterocycles. The first-order valence-corrected chi connectivity index (χ1v) is 5.83. The van der Waals surface area contributed by atoms with Crippen LogP contribution in [0.2, 0.25) is 0 Å². The molecule has 0 aliphatic heterocycles. The molecule has 0 atom stereocenters. The van der Waals surface area contributed by atoms with Gasteiger partial charge in [0.05, 0.1) is 6.61 Å². The van der Waals surface area contributed by atoms with Gasteiger partial charge < -0.3 is 4.74 Å². The molecule has 0 spiro atoms. The van der Waals surface area contributed by atoms with Crippen LogP contribution in [0.15, 0.2) is 48.5 Å². The normalized spacial score (nSPS) is 10.2. The SMILES string of the molecule is O=C(CCOc1ccccc1)c1ccc(F)c(F)c1. The zero-order chi connectivity index (χ0) is 13.7. The molecule has 0 saturated heterocycles. The Hall–Kier alpha value is -2.23. The standard InChI is InChI=1S/C15H12F2O2/c16-13-7-6-11(10-14(13)17)15(18)8-9-19-12-4-2-1-3-5-12/h1-7,10H,8-9H2. The van der Waals surface area contributed by atoms with Crippen LogP contribution in [0.25, 0.3) is 0 Å². The molecule has 19 heavy (non-hydrogen) atoms. The summed E-state index contributed by atoms with van der Waals surface area (Å²) in [5.41, 5.74) is 0.149. The van der Waals surface area contributed by atoms with Gasteiger partial charge >= 0.3 is 0 Å². The van der Waals surface area contributed by atoms with Crippen LogP contribution in [0.1, 0.15) is 16.8 Å². The van der Waals surface area contributed by atoms with Crippen LogP contribution in [0, 0.1) is 11.6 Å². The number of hydrogen-bond acceptors (Lipinski definition) is 2. The Kier molecular flexibility index (Phi) is 4.23. The van der Waals surface area contributed by atoms with E-state index in [1.807, 2.05) is 18.2 Å². The van der Waals surface area contributed by atoms with Crippen molar-refractivity contribution in [3.63, 3.8) is 0 Å². The maximum Gasteiger partial charge on any atom is 0.166 e. The lowest BCUT2D eigenvalue weighted by atomic mass is 10.1. The lowest BCUT2D eigenvalue weighted by Crippen LogP contribution is -2.07. The number of rotatable bonds is 5. The monoisotopic (exact) mass is 262 g/mol. The molecule has 98 valence electrons. The van der Waals surface area contributed by atoms with Gasteiger partial charge in [-0.1, -0.05) is 18.2 Å². The van der Waals surface area contributed by atoms with E-state index in [2.05, 4.69) is 0 Å². The molecule has 0 N–H and O–H groups in total. The summed E-state index contributed by atoms with van der Waals surface area (Å²) in [6.07, 6.45) is 0.111. The molecule has 0 unspecified atom stereocenters. The van der Waals surface area contributed by atoms with Gasteiger partial charge in [-0.15, -0.1) is 0 Å². The smallest absolute Gasteiger partial charge is 0.166 e. The topological polar surface area (TPSA) is 26.3 Å². The van der Waals surface area contributed by atoms with E-state index in [1.165, 1.54) is 6.07 Å². The van der Waals surface area contributed by atoms with E-state index in [0.29, 0.717) is 5.75 Å². The van der Waals surface area contributed by atoms with E-state index in [4.69, 9.17) is 4.74 Å². The Morgan fingerprint density at radius 1 is 1.00 bits per heavy atom. The van der Waals surface area contributed by atoms with Crippen LogP contribution >= 0.6 is 0 Å². The van der Waals surface area contributed by atoms with E-state index < -0.39 is 11.6 Å². The molecule has 0 radical (unpaired) electrons. The van der Waals surface area contributed by atoms with Crippen LogP contribution in [0.5, 0.6) is 5.75 Å². The number of hydrogen-bond donors (Lipinski definition) is 0. The largest absolute Gasteiger partial charge is 0.493 e. The second-order valence-electron chi connectivity index (χ2n) is 3.96. The minimum absolute atomic E-state index is 0.111. The number of para-hydroxylation sites is 1. The summed E-state index contributed by atoms with van der Waals surface area (Å²) < 4.78 is 31.1. The van der Waals surface area contributed by atoms with Crippen LogP contribution in [-0.2, 0) is 0 Å². The minimum Gasteiger partial charge on any atom is -0.493 e. The lowest BCUT2D eigenvalue weighted by Gasteiger charge is -2.05. The highest BCUT2D eigenvalue weighted by molar-refractivity contribution is 5.96. The number of carbonyl (C=O) groups excluding carboxylic acids is 1. The Balaban J connectivity index is 1.89. The van der Waals surface area contributed by atoms with Gasteiger partial charge in [0.15, 0.2) is 17.4 Å². The van der Waals surface area contributed by atoms with Crippen LogP contribution in [0.4, 0.5) is 8.78 Å². The molecule has 2 aromatic rings. The number of ketones is 1. The summed E-state index contributed by atoms with van der Waals surface area (Å²) in [4.78, 5) is 11.7. The first-order valence-electron chi connectivity index (χ1n) is 5.83. The van der Waals surface area contributed by atoms with Crippen LogP contribution in [-0.4, -0.2) is 12.4 Å². The van der Waals surface area contributed by atoms with Crippen molar-refractivity contribution < 1.29 is 18.3 Å². The fourth-order valence-corrected chi connectivity index (χ4v) is 1.59. The van der Waals surface area contributed by atoms with Crippen molar-refractivity contribution in [3.8, 4) is 5.75 Å². The first-order chi connectivity index (χ1) is 9.16. The highest BCUT2D eigenvalue weighted by Gasteiger charge is 2.09. The molecule has 0 aromatic heterocycles. The third-order valence-electron chi connectivity index (χ3n) is 2.58. The Morgan fingerprint density at radius 2 is 1.74 bits per heavy atom. The Bertz CT molecular complexity index is 568. The number of halogens is 2. The molecule has 0 saturated carbocycles. The van der Waals surface area contributed by atoms with Gasteiger partial charge in [0.1, 0.15) is 5.75 Å². The average molecular weight is 262 g/mol. The molecular formula is C15H12F2O2. The van der Waals surface area contributed by atoms with E-state index in [0.717, 1.165) is 12.1 Å². The summed E-state index contributed by atoms with van der Waals surface area (Å²) in [7, 11) is 0. The molecule has 2 nitrogen and oxygen atoms in total. The zero-order valence-electron chi connectivity index (χ0n) is 10.1. The highest BCUT2D eigenvalue weighted by atomic mass is 19.2. The van der Waals surface area contributed by atoms with Crippen molar-refractivity contribution in [1.29, 1.82) is 0 Å². The van der Waals surface area contributed by atoms with Crippen molar-refractivity contribution in [3.05, 3.63) is 65.7 Å². The van der Waals surface area contributed by atoms with Crippen LogP contribution < -0.4 is 4.74 Å². The molecule has 4 heteroatoms. The predicted octanol–water partition coefficient (Wildman–Crippen LogP) is 3.62. The van der Waals surface area contributed by atoms with Gasteiger partial charge in [-0.05, 0) is 30.3 Å². The Morgan fingerprint density at radius 3 is 2.42 bits per heavy atom. The Labute approximate surface area is 109 Å². The first kappa shape index (κ1) is 13.2. The minimum atomic E-state index is -1.02. The predicted molar refractivity (Wildman–Crippen MR) is 67.2 cm³/mol. The third kappa shape index (κ3) is 3.61. The molecule has 0 amide bonds. The van der Waals surface area contributed by atoms with Crippen LogP contribution in [0.3, 0.4) is 0 Å². The van der Waals surface area contributed by atoms with E-state index in [-0.39, 0.29) is 24.4 Å². The van der Waals surface area contributed by atoms with Gasteiger partial charge in [0.25, 0.3) is 0 Å². The molecule has 2 aromatic carbocycles. The van der Waals surface area contributed by atoms with Gasteiger partial charge in [-0.2, -0.15) is 0 Å². The molecule has 0 aliphatic rings. The van der Waals surface area contributed by atoms with Crippen molar-refractivity contribution >= 4 is 5.78 Å². The quantitative estimate of drug-likeness (QED) is 0.769. The second-order valence-corrected chi connectivity index (χ2v) is 3.96. The van der Waals surface area contributed by atoms with Gasteiger partial charge in [-0.25, -0.2) is 8.78 Å². The molecular weight excluding hydrogens is 250 g/mol. The third-order valence-corrected chi connectivity index (χ3v) is 2.58. The van der Waals surface area contributed by atoms with Crippen molar-refractivity contribution in [1.82, 2.24) is 0 Å². The van der Waals surface area contributed by atoms with Gasteiger partial charge in [-0.3, -0.25) is 4.79 Å². The average Bonchev–Trinajstić information content (AvgIpc) is 2.43. The maximum atomic E-state index is 13.0. The fraction of sp³-hybridized carbons (Fsp3) is 0.133. The zero-order valence-corrected chi connectivity index (χ0v) is 10.1. The second kappa shape index (κ2) is 6.09. The highest BCUT2D eigenvalue weighted by Crippen LogP contribution is 2.12. The molecule has 2 rings (SSSR count). The molecule has 0 fully saturated rings. The van der Waals surface area contributed by atoms with Crippen molar-refractivity contribution in [2.75, 3.05) is 6.61 Å². The van der Waals surface area contributed by atoms with E-state index in [1.54, 1.807) is 12.1 Å². The summed E-state index contributed by atoms with van der Waals surface area (Å²) in [5.74, 6) is -1.60. The van der Waals surface area contributed by atoms with Crippen molar-refractivity contribution in [2.45, 2.75) is 6.42 Å². The summed E-state index contributed by atoms with van der Waals surface area (Å²) in [5, 5.41) is 0. The lowest BCUT2D eigenvalue weighted by molar-refractivity contribution is 0.0961. The van der Waals surface area contributed by atoms with Gasteiger partial charge in [0, 0.05) is 12.0 Å². The summed E-state index contributed by atoms with van der Waals surface area (Å²) in [6, 6.07) is 12.2. The number of Topliss-reactive ketones (excluding diaryl/α,β-unsaturated/α-hetero) is 1. The van der Waals surface area contributed by atoms with E-state index in [9.17, 15) is 13.6 Å². The number of carbonyl (C=O) groups is 1. The summed E-state index contributed by atoms with van der Waals surface area (Å²) >= 11 is 0. The molecule has 0 bridgehead atoms. The van der Waals surface area contributed by atoms with Gasteiger partial charge in [0.2, 0.25) is 0 Å². The fourth-order valence-electron chi connectivity index (χ4n) is 1.59. The molecule has 0 aliphatic carbocycles. The number of ether oxygens (including phenoxy) is 1.